The van der Waals surface area contributed by atoms with E-state index in [-0.39, 0.29) is 24.1 Å². The highest BCUT2D eigenvalue weighted by Gasteiger charge is 2.40. The second-order valence-corrected chi connectivity index (χ2v) is 7.68. The average Bonchev–Trinajstić information content (AvgIpc) is 3.38. The maximum atomic E-state index is 13.2. The number of pyridine rings is 1. The lowest BCUT2D eigenvalue weighted by atomic mass is 10.1. The zero-order valence-electron chi connectivity index (χ0n) is 15.8. The Morgan fingerprint density at radius 2 is 1.87 bits per heavy atom. The number of amides is 2. The lowest BCUT2D eigenvalue weighted by molar-refractivity contribution is -0.137. The number of fused-ring (bicyclic) bond motifs is 1. The summed E-state index contributed by atoms with van der Waals surface area (Å²) in [5, 5.41) is 5.02. The monoisotopic (exact) mass is 419 g/mol. The van der Waals surface area contributed by atoms with Gasteiger partial charge in [-0.15, -0.1) is 11.3 Å². The van der Waals surface area contributed by atoms with Gasteiger partial charge in [0.1, 0.15) is 18.9 Å². The van der Waals surface area contributed by atoms with Gasteiger partial charge in [-0.1, -0.05) is 12.1 Å². The van der Waals surface area contributed by atoms with Crippen LogP contribution in [0.5, 0.6) is 11.5 Å². The third-order valence-electron chi connectivity index (χ3n) is 4.79. The van der Waals surface area contributed by atoms with Gasteiger partial charge in [-0.05, 0) is 35.7 Å². The molecular formula is C22H17N3O4S. The molecule has 7 nitrogen and oxygen atoms in total. The molecule has 0 saturated heterocycles. The van der Waals surface area contributed by atoms with Crippen molar-refractivity contribution < 1.29 is 19.1 Å². The quantitative estimate of drug-likeness (QED) is 0.639. The number of thiophene rings is 1. The summed E-state index contributed by atoms with van der Waals surface area (Å²) in [7, 11) is 0. The summed E-state index contributed by atoms with van der Waals surface area (Å²) in [4.78, 5) is 32.6. The molecule has 0 saturated carbocycles. The summed E-state index contributed by atoms with van der Waals surface area (Å²) in [6.45, 7) is 1.08. The van der Waals surface area contributed by atoms with Crippen molar-refractivity contribution in [1.29, 1.82) is 0 Å². The number of carbonyl (C=O) groups excluding carboxylic acids is 2. The molecule has 2 amide bonds. The van der Waals surface area contributed by atoms with Gasteiger partial charge in [-0.25, -0.2) is 0 Å². The van der Waals surface area contributed by atoms with E-state index < -0.39 is 0 Å². The Morgan fingerprint density at radius 3 is 2.63 bits per heavy atom. The van der Waals surface area contributed by atoms with E-state index in [2.05, 4.69) is 10.3 Å². The Labute approximate surface area is 176 Å². The van der Waals surface area contributed by atoms with Crippen LogP contribution in [0.2, 0.25) is 0 Å². The number of hydrogen-bond donors (Lipinski definition) is 1. The Hall–Kier alpha value is -3.65. The molecule has 2 aliphatic rings. The van der Waals surface area contributed by atoms with Gasteiger partial charge in [0.15, 0.2) is 11.5 Å². The highest BCUT2D eigenvalue weighted by atomic mass is 32.1. The fourth-order valence-corrected chi connectivity index (χ4v) is 4.17. The predicted octanol–water partition coefficient (Wildman–Crippen LogP) is 3.31. The number of nitrogens with one attached hydrogen (secondary N) is 1. The molecule has 2 aromatic heterocycles. The standard InChI is InChI=1S/C22H17N3O4S/c26-21-19(18-5-3-11-30-18)20(22(27)25(21)13-15-4-1-2-8-23-15)24-14-6-7-16-17(12-14)29-10-9-28-16/h1-8,11-12,24H,9-10,13H2. The molecule has 3 aromatic rings. The summed E-state index contributed by atoms with van der Waals surface area (Å²) in [6.07, 6.45) is 1.64. The largest absolute Gasteiger partial charge is 0.486 e. The number of hydrogen-bond acceptors (Lipinski definition) is 7. The molecule has 1 aromatic carbocycles. The summed E-state index contributed by atoms with van der Waals surface area (Å²) < 4.78 is 11.2. The van der Waals surface area contributed by atoms with E-state index in [0.29, 0.717) is 41.7 Å². The number of carbonyl (C=O) groups is 2. The van der Waals surface area contributed by atoms with Gasteiger partial charge in [0.05, 0.1) is 17.8 Å². The highest BCUT2D eigenvalue weighted by molar-refractivity contribution is 7.11. The zero-order valence-corrected chi connectivity index (χ0v) is 16.6. The van der Waals surface area contributed by atoms with E-state index in [1.807, 2.05) is 23.6 Å². The molecule has 4 heterocycles. The van der Waals surface area contributed by atoms with Crippen molar-refractivity contribution >= 4 is 34.4 Å². The Kier molecular flexibility index (Phi) is 4.68. The van der Waals surface area contributed by atoms with Gasteiger partial charge >= 0.3 is 0 Å². The van der Waals surface area contributed by atoms with Gasteiger partial charge in [0, 0.05) is 22.8 Å². The first kappa shape index (κ1) is 18.4. The number of imide groups is 1. The van der Waals surface area contributed by atoms with Crippen molar-refractivity contribution in [3.63, 3.8) is 0 Å². The van der Waals surface area contributed by atoms with E-state index in [9.17, 15) is 9.59 Å². The number of aromatic nitrogens is 1. The molecule has 1 N–H and O–H groups in total. The molecule has 0 bridgehead atoms. The van der Waals surface area contributed by atoms with Gasteiger partial charge in [-0.3, -0.25) is 19.5 Å². The fraction of sp³-hybridized carbons (Fsp3) is 0.136. The smallest absolute Gasteiger partial charge is 0.278 e. The van der Waals surface area contributed by atoms with E-state index in [1.165, 1.54) is 16.2 Å². The van der Waals surface area contributed by atoms with Crippen molar-refractivity contribution in [3.05, 3.63) is 76.4 Å². The van der Waals surface area contributed by atoms with Crippen molar-refractivity contribution in [2.75, 3.05) is 18.5 Å². The minimum atomic E-state index is -0.385. The number of ether oxygens (including phenoxy) is 2. The Balaban J connectivity index is 1.50. The van der Waals surface area contributed by atoms with Crippen LogP contribution in [0.15, 0.2) is 65.8 Å². The van der Waals surface area contributed by atoms with Crippen LogP contribution in [0, 0.1) is 0 Å². The van der Waals surface area contributed by atoms with E-state index in [1.54, 1.807) is 36.5 Å². The first-order valence-electron chi connectivity index (χ1n) is 9.41. The SMILES string of the molecule is O=C1C(Nc2ccc3c(c2)OCCO3)=C(c2cccs2)C(=O)N1Cc1ccccn1. The van der Waals surface area contributed by atoms with Crippen LogP contribution in [-0.2, 0) is 16.1 Å². The fourth-order valence-electron chi connectivity index (χ4n) is 3.40. The van der Waals surface area contributed by atoms with Crippen molar-refractivity contribution in [2.45, 2.75) is 6.54 Å². The Morgan fingerprint density at radius 1 is 1.00 bits per heavy atom. The molecule has 0 spiro atoms. The lowest BCUT2D eigenvalue weighted by Crippen LogP contribution is -2.32. The Bertz CT molecular complexity index is 1140. The van der Waals surface area contributed by atoms with Crippen LogP contribution >= 0.6 is 11.3 Å². The van der Waals surface area contributed by atoms with Gasteiger partial charge in [0.25, 0.3) is 11.8 Å². The van der Waals surface area contributed by atoms with Crippen molar-refractivity contribution in [1.82, 2.24) is 9.88 Å². The molecular weight excluding hydrogens is 402 g/mol. The van der Waals surface area contributed by atoms with E-state index in [4.69, 9.17) is 9.47 Å². The number of rotatable bonds is 5. The molecule has 0 atom stereocenters. The molecule has 0 unspecified atom stereocenters. The van der Waals surface area contributed by atoms with E-state index >= 15 is 0 Å². The van der Waals surface area contributed by atoms with Gasteiger partial charge < -0.3 is 14.8 Å². The summed E-state index contributed by atoms with van der Waals surface area (Å²) in [6, 6.07) is 14.5. The summed E-state index contributed by atoms with van der Waals surface area (Å²) in [5.41, 5.74) is 1.89. The van der Waals surface area contributed by atoms with Crippen LogP contribution < -0.4 is 14.8 Å². The molecule has 30 heavy (non-hydrogen) atoms. The maximum Gasteiger partial charge on any atom is 0.278 e. The molecule has 2 aliphatic heterocycles. The lowest BCUT2D eigenvalue weighted by Gasteiger charge is -2.19. The number of benzene rings is 1. The molecule has 0 fully saturated rings. The third-order valence-corrected chi connectivity index (χ3v) is 5.68. The van der Waals surface area contributed by atoms with Gasteiger partial charge in [0.2, 0.25) is 0 Å². The first-order chi connectivity index (χ1) is 14.7. The molecule has 5 rings (SSSR count). The van der Waals surface area contributed by atoms with Crippen LogP contribution in [0.25, 0.3) is 5.57 Å². The topological polar surface area (TPSA) is 80.8 Å². The van der Waals surface area contributed by atoms with E-state index in [0.717, 1.165) is 4.88 Å². The minimum absolute atomic E-state index is 0.111. The summed E-state index contributed by atoms with van der Waals surface area (Å²) in [5.74, 6) is 0.536. The second kappa shape index (κ2) is 7.64. The van der Waals surface area contributed by atoms with Crippen LogP contribution in [-0.4, -0.2) is 34.9 Å². The zero-order chi connectivity index (χ0) is 20.5. The first-order valence-corrected chi connectivity index (χ1v) is 10.3. The van der Waals surface area contributed by atoms with Crippen LogP contribution in [0.4, 0.5) is 5.69 Å². The molecule has 0 radical (unpaired) electrons. The predicted molar refractivity (Wildman–Crippen MR) is 112 cm³/mol. The second-order valence-electron chi connectivity index (χ2n) is 6.73. The molecule has 0 aliphatic carbocycles. The molecule has 8 heteroatoms. The molecule has 150 valence electrons. The third kappa shape index (κ3) is 3.31. The minimum Gasteiger partial charge on any atom is -0.486 e. The average molecular weight is 419 g/mol. The van der Waals surface area contributed by atoms with Crippen molar-refractivity contribution in [2.24, 2.45) is 0 Å². The number of nitrogens with zero attached hydrogens (tertiary/aromatic N) is 2. The van der Waals surface area contributed by atoms with Crippen LogP contribution in [0.3, 0.4) is 0 Å². The van der Waals surface area contributed by atoms with Crippen LogP contribution in [0.1, 0.15) is 10.6 Å². The number of anilines is 1. The van der Waals surface area contributed by atoms with Gasteiger partial charge in [-0.2, -0.15) is 0 Å². The highest BCUT2D eigenvalue weighted by Crippen LogP contribution is 2.36. The van der Waals surface area contributed by atoms with Crippen molar-refractivity contribution in [3.8, 4) is 11.5 Å². The normalized spacial score (nSPS) is 15.7. The maximum absolute atomic E-state index is 13.2. The summed E-state index contributed by atoms with van der Waals surface area (Å²) >= 11 is 1.41.